The highest BCUT2D eigenvalue weighted by Gasteiger charge is 2.18. The van der Waals surface area contributed by atoms with Crippen LogP contribution in [0.4, 0.5) is 0 Å². The first-order chi connectivity index (χ1) is 12.4. The topological polar surface area (TPSA) is 77.8 Å². The number of benzene rings is 1. The quantitative estimate of drug-likeness (QED) is 0.732. The summed E-state index contributed by atoms with van der Waals surface area (Å²) in [5.74, 6) is 0.650. The van der Waals surface area contributed by atoms with E-state index < -0.39 is 18.0 Å². The van der Waals surface area contributed by atoms with Crippen LogP contribution in [0.1, 0.15) is 43.6 Å². The van der Waals surface area contributed by atoms with Crippen molar-refractivity contribution >= 4 is 11.9 Å². The van der Waals surface area contributed by atoms with Gasteiger partial charge in [0.1, 0.15) is 11.5 Å². The van der Waals surface area contributed by atoms with Crippen molar-refractivity contribution in [2.75, 3.05) is 6.61 Å². The Kier molecular flexibility index (Phi) is 6.83. The molecule has 0 aliphatic carbocycles. The van der Waals surface area contributed by atoms with Gasteiger partial charge in [-0.15, -0.1) is 0 Å². The van der Waals surface area contributed by atoms with Crippen LogP contribution in [-0.2, 0) is 20.9 Å². The second kappa shape index (κ2) is 9.08. The molecule has 140 valence electrons. The Morgan fingerprint density at radius 2 is 1.96 bits per heavy atom. The van der Waals surface area contributed by atoms with Crippen molar-refractivity contribution in [2.24, 2.45) is 0 Å². The summed E-state index contributed by atoms with van der Waals surface area (Å²) >= 11 is 0. The van der Waals surface area contributed by atoms with Crippen LogP contribution in [0.5, 0.6) is 5.75 Å². The van der Waals surface area contributed by atoms with Gasteiger partial charge in [0.05, 0.1) is 12.8 Å². The van der Waals surface area contributed by atoms with E-state index in [1.807, 2.05) is 25.1 Å². The highest BCUT2D eigenvalue weighted by atomic mass is 16.6. The Labute approximate surface area is 153 Å². The number of furan rings is 1. The third-order valence-electron chi connectivity index (χ3n) is 3.91. The summed E-state index contributed by atoms with van der Waals surface area (Å²) in [4.78, 5) is 23.8. The molecule has 2 aromatic rings. The van der Waals surface area contributed by atoms with Gasteiger partial charge in [0, 0.05) is 0 Å². The third-order valence-corrected chi connectivity index (χ3v) is 3.91. The predicted octanol–water partition coefficient (Wildman–Crippen LogP) is 3.34. The first-order valence-corrected chi connectivity index (χ1v) is 8.59. The maximum Gasteiger partial charge on any atom is 0.344 e. The van der Waals surface area contributed by atoms with Crippen molar-refractivity contribution in [3.8, 4) is 5.75 Å². The van der Waals surface area contributed by atoms with E-state index in [4.69, 9.17) is 13.9 Å². The largest absolute Gasteiger partial charge is 0.482 e. The smallest absolute Gasteiger partial charge is 0.344 e. The molecule has 0 saturated heterocycles. The number of rotatable bonds is 8. The second-order valence-corrected chi connectivity index (χ2v) is 6.39. The van der Waals surface area contributed by atoms with Crippen molar-refractivity contribution in [1.82, 2.24) is 5.32 Å². The Morgan fingerprint density at radius 3 is 2.58 bits per heavy atom. The Hall–Kier alpha value is -2.76. The molecule has 2 rings (SSSR count). The number of esters is 1. The lowest BCUT2D eigenvalue weighted by Crippen LogP contribution is -2.36. The summed E-state index contributed by atoms with van der Waals surface area (Å²) in [7, 11) is 0. The van der Waals surface area contributed by atoms with Crippen molar-refractivity contribution in [1.29, 1.82) is 0 Å². The molecule has 0 aliphatic heterocycles. The SMILES string of the molecule is Cc1cc(OCC(=O)O[C@@H](C)C(=O)NCc2ccco2)ccc1C(C)C. The van der Waals surface area contributed by atoms with Crippen LogP contribution < -0.4 is 10.1 Å². The Morgan fingerprint density at radius 1 is 1.19 bits per heavy atom. The van der Waals surface area contributed by atoms with Gasteiger partial charge in [-0.25, -0.2) is 4.79 Å². The van der Waals surface area contributed by atoms with E-state index in [1.165, 1.54) is 18.8 Å². The molecular weight excluding hydrogens is 334 g/mol. The highest BCUT2D eigenvalue weighted by molar-refractivity contribution is 5.83. The van der Waals surface area contributed by atoms with Crippen LogP contribution in [0.2, 0.25) is 0 Å². The van der Waals surface area contributed by atoms with E-state index in [2.05, 4.69) is 19.2 Å². The van der Waals surface area contributed by atoms with Gasteiger partial charge in [-0.05, 0) is 55.2 Å². The standard InChI is InChI=1S/C20H25NO5/c1-13(2)18-8-7-16(10-14(18)3)25-12-19(22)26-15(4)20(23)21-11-17-6-5-9-24-17/h5-10,13,15H,11-12H2,1-4H3,(H,21,23)/t15-/m0/s1. The zero-order valence-electron chi connectivity index (χ0n) is 15.6. The average molecular weight is 359 g/mol. The monoisotopic (exact) mass is 359 g/mol. The summed E-state index contributed by atoms with van der Waals surface area (Å²) in [6.07, 6.45) is 0.614. The highest BCUT2D eigenvalue weighted by Crippen LogP contribution is 2.23. The van der Waals surface area contributed by atoms with Crippen LogP contribution in [0.15, 0.2) is 41.0 Å². The van der Waals surface area contributed by atoms with Gasteiger partial charge in [-0.1, -0.05) is 19.9 Å². The summed E-state index contributed by atoms with van der Waals surface area (Å²) < 4.78 is 15.7. The fourth-order valence-electron chi connectivity index (χ4n) is 2.54. The number of carbonyl (C=O) groups is 2. The summed E-state index contributed by atoms with van der Waals surface area (Å²) in [6.45, 7) is 7.75. The van der Waals surface area contributed by atoms with Gasteiger partial charge in [0.2, 0.25) is 0 Å². The minimum absolute atomic E-state index is 0.242. The maximum atomic E-state index is 11.9. The number of hydrogen-bond acceptors (Lipinski definition) is 5. The molecule has 0 unspecified atom stereocenters. The van der Waals surface area contributed by atoms with E-state index in [0.29, 0.717) is 17.4 Å². The van der Waals surface area contributed by atoms with Crippen molar-refractivity contribution in [3.63, 3.8) is 0 Å². The van der Waals surface area contributed by atoms with Crippen molar-refractivity contribution in [3.05, 3.63) is 53.5 Å². The lowest BCUT2D eigenvalue weighted by Gasteiger charge is -2.14. The first-order valence-electron chi connectivity index (χ1n) is 8.59. The maximum absolute atomic E-state index is 11.9. The molecule has 1 aromatic heterocycles. The van der Waals surface area contributed by atoms with E-state index in [1.54, 1.807) is 12.1 Å². The fraction of sp³-hybridized carbons (Fsp3) is 0.400. The van der Waals surface area contributed by atoms with E-state index in [-0.39, 0.29) is 13.2 Å². The van der Waals surface area contributed by atoms with Gasteiger partial charge < -0.3 is 19.2 Å². The van der Waals surface area contributed by atoms with E-state index in [9.17, 15) is 9.59 Å². The van der Waals surface area contributed by atoms with Gasteiger partial charge in [-0.2, -0.15) is 0 Å². The Balaban J connectivity index is 1.77. The van der Waals surface area contributed by atoms with Gasteiger partial charge in [-0.3, -0.25) is 4.79 Å². The second-order valence-electron chi connectivity index (χ2n) is 6.39. The van der Waals surface area contributed by atoms with Crippen LogP contribution in [-0.4, -0.2) is 24.6 Å². The molecule has 6 heteroatoms. The average Bonchev–Trinajstić information content (AvgIpc) is 3.11. The molecule has 0 aliphatic rings. The predicted molar refractivity (Wildman–Crippen MR) is 96.9 cm³/mol. The lowest BCUT2D eigenvalue weighted by molar-refractivity contribution is -0.156. The van der Waals surface area contributed by atoms with Gasteiger partial charge in [0.25, 0.3) is 5.91 Å². The number of hydrogen-bond donors (Lipinski definition) is 1. The van der Waals surface area contributed by atoms with Crippen molar-refractivity contribution < 1.29 is 23.5 Å². The molecule has 0 spiro atoms. The minimum Gasteiger partial charge on any atom is -0.482 e. The molecule has 0 fully saturated rings. The molecule has 1 atom stereocenters. The fourth-order valence-corrected chi connectivity index (χ4v) is 2.54. The van der Waals surface area contributed by atoms with Gasteiger partial charge in [0.15, 0.2) is 12.7 Å². The number of amides is 1. The lowest BCUT2D eigenvalue weighted by atomic mass is 9.98. The number of nitrogens with one attached hydrogen (secondary N) is 1. The molecule has 0 bridgehead atoms. The van der Waals surface area contributed by atoms with E-state index in [0.717, 1.165) is 5.56 Å². The van der Waals surface area contributed by atoms with Crippen LogP contribution in [0, 0.1) is 6.92 Å². The summed E-state index contributed by atoms with van der Waals surface area (Å²) in [5.41, 5.74) is 2.35. The molecule has 1 heterocycles. The van der Waals surface area contributed by atoms with Crippen LogP contribution in [0.25, 0.3) is 0 Å². The minimum atomic E-state index is -0.911. The molecule has 1 aromatic carbocycles. The summed E-state index contributed by atoms with van der Waals surface area (Å²) in [5, 5.41) is 2.64. The number of carbonyl (C=O) groups excluding carboxylic acids is 2. The molecule has 1 amide bonds. The molecule has 6 nitrogen and oxygen atoms in total. The van der Waals surface area contributed by atoms with E-state index >= 15 is 0 Å². The number of ether oxygens (including phenoxy) is 2. The van der Waals surface area contributed by atoms with Crippen molar-refractivity contribution in [2.45, 2.75) is 46.3 Å². The molecular formula is C20H25NO5. The Bertz CT molecular complexity index is 737. The van der Waals surface area contributed by atoms with Crippen LogP contribution in [0.3, 0.4) is 0 Å². The molecule has 0 saturated carbocycles. The zero-order chi connectivity index (χ0) is 19.1. The van der Waals surface area contributed by atoms with Crippen LogP contribution >= 0.6 is 0 Å². The molecule has 0 radical (unpaired) electrons. The zero-order valence-corrected chi connectivity index (χ0v) is 15.6. The third kappa shape index (κ3) is 5.65. The number of aryl methyl sites for hydroxylation is 1. The molecule has 26 heavy (non-hydrogen) atoms. The van der Waals surface area contributed by atoms with Gasteiger partial charge >= 0.3 is 5.97 Å². The first kappa shape index (κ1) is 19.6. The molecule has 1 N–H and O–H groups in total. The summed E-state index contributed by atoms with van der Waals surface area (Å²) in [6, 6.07) is 9.19. The normalized spacial score (nSPS) is 11.9.